The van der Waals surface area contributed by atoms with E-state index in [1.54, 1.807) is 0 Å². The van der Waals surface area contributed by atoms with Gasteiger partial charge >= 0.3 is 0 Å². The van der Waals surface area contributed by atoms with Crippen molar-refractivity contribution in [3.05, 3.63) is 0 Å². The van der Waals surface area contributed by atoms with Crippen LogP contribution in [0.25, 0.3) is 0 Å². The molecule has 0 aromatic carbocycles. The van der Waals surface area contributed by atoms with Crippen LogP contribution in [0.15, 0.2) is 0 Å². The number of hydrogen-bond acceptors (Lipinski definition) is 2. The van der Waals surface area contributed by atoms with Gasteiger partial charge in [0.15, 0.2) is 0 Å². The molecule has 0 radical (unpaired) electrons. The second kappa shape index (κ2) is 8.26. The lowest BCUT2D eigenvalue weighted by Gasteiger charge is -2.37. The third-order valence-electron chi connectivity index (χ3n) is 5.49. The van der Waals surface area contributed by atoms with Gasteiger partial charge in [0.2, 0.25) is 0 Å². The molecule has 0 bridgehead atoms. The average Bonchev–Trinajstić information content (AvgIpc) is 2.70. The first-order valence-electron chi connectivity index (χ1n) is 8.76. The van der Waals surface area contributed by atoms with Crippen LogP contribution in [0.2, 0.25) is 0 Å². The normalized spacial score (nSPS) is 29.1. The largest absolute Gasteiger partial charge is 0.315 e. The van der Waals surface area contributed by atoms with E-state index in [0.29, 0.717) is 0 Å². The van der Waals surface area contributed by atoms with Gasteiger partial charge in [-0.1, -0.05) is 39.0 Å². The van der Waals surface area contributed by atoms with Crippen molar-refractivity contribution < 1.29 is 0 Å². The standard InChI is InChI=1S/C17H34N2/c1-3-16-12-8-5-9-13-19(16)14-17(18-2)15-10-6-4-7-11-15/h15-18H,3-14H2,1-2H3. The first-order chi connectivity index (χ1) is 9.35. The Hall–Kier alpha value is -0.0800. The number of rotatable bonds is 5. The summed E-state index contributed by atoms with van der Waals surface area (Å²) in [6.07, 6.45) is 14.4. The highest BCUT2D eigenvalue weighted by Gasteiger charge is 2.27. The topological polar surface area (TPSA) is 15.3 Å². The minimum absolute atomic E-state index is 0.729. The van der Waals surface area contributed by atoms with Crippen LogP contribution in [0.4, 0.5) is 0 Å². The molecule has 0 spiro atoms. The zero-order valence-electron chi connectivity index (χ0n) is 13.2. The van der Waals surface area contributed by atoms with Crippen molar-refractivity contribution in [3.8, 4) is 0 Å². The van der Waals surface area contributed by atoms with Gasteiger partial charge in [-0.25, -0.2) is 0 Å². The highest BCUT2D eigenvalue weighted by atomic mass is 15.2. The van der Waals surface area contributed by atoms with Crippen molar-refractivity contribution >= 4 is 0 Å². The molecule has 2 atom stereocenters. The molecule has 2 heteroatoms. The van der Waals surface area contributed by atoms with Gasteiger partial charge in [0.05, 0.1) is 0 Å². The molecule has 1 heterocycles. The molecular weight excluding hydrogens is 232 g/mol. The Morgan fingerprint density at radius 1 is 1.00 bits per heavy atom. The Bertz CT molecular complexity index is 235. The van der Waals surface area contributed by atoms with Crippen molar-refractivity contribution in [2.45, 2.75) is 83.2 Å². The number of likely N-dealkylation sites (N-methyl/N-ethyl adjacent to an activating group) is 1. The Kier molecular flexibility index (Phi) is 6.66. The molecule has 112 valence electrons. The molecule has 2 rings (SSSR count). The minimum atomic E-state index is 0.729. The zero-order valence-corrected chi connectivity index (χ0v) is 13.2. The lowest BCUT2D eigenvalue weighted by Crippen LogP contribution is -2.48. The highest BCUT2D eigenvalue weighted by Crippen LogP contribution is 2.28. The maximum absolute atomic E-state index is 3.64. The summed E-state index contributed by atoms with van der Waals surface area (Å²) >= 11 is 0. The summed E-state index contributed by atoms with van der Waals surface area (Å²) in [5, 5.41) is 3.64. The summed E-state index contributed by atoms with van der Waals surface area (Å²) in [6.45, 7) is 5.00. The molecule has 2 fully saturated rings. The minimum Gasteiger partial charge on any atom is -0.315 e. The van der Waals surface area contributed by atoms with Gasteiger partial charge < -0.3 is 5.32 Å². The van der Waals surface area contributed by atoms with Crippen molar-refractivity contribution in [3.63, 3.8) is 0 Å². The van der Waals surface area contributed by atoms with Crippen LogP contribution in [-0.2, 0) is 0 Å². The molecule has 1 N–H and O–H groups in total. The molecule has 2 aliphatic rings. The van der Waals surface area contributed by atoms with Crippen LogP contribution in [0.5, 0.6) is 0 Å². The van der Waals surface area contributed by atoms with Gasteiger partial charge in [-0.3, -0.25) is 4.90 Å². The van der Waals surface area contributed by atoms with E-state index in [9.17, 15) is 0 Å². The molecule has 2 unspecified atom stereocenters. The Balaban J connectivity index is 1.90. The fraction of sp³-hybridized carbons (Fsp3) is 1.00. The van der Waals surface area contributed by atoms with Gasteiger partial charge in [0, 0.05) is 18.6 Å². The van der Waals surface area contributed by atoms with Gasteiger partial charge in [-0.2, -0.15) is 0 Å². The number of likely N-dealkylation sites (tertiary alicyclic amines) is 1. The van der Waals surface area contributed by atoms with Crippen LogP contribution in [0, 0.1) is 5.92 Å². The molecule has 1 aliphatic carbocycles. The lowest BCUT2D eigenvalue weighted by atomic mass is 9.83. The summed E-state index contributed by atoms with van der Waals surface area (Å²) in [6, 6.07) is 1.58. The van der Waals surface area contributed by atoms with E-state index in [1.807, 2.05) is 0 Å². The average molecular weight is 266 g/mol. The molecule has 1 aliphatic heterocycles. The molecule has 1 saturated heterocycles. The molecular formula is C17H34N2. The van der Waals surface area contributed by atoms with Crippen LogP contribution in [0.1, 0.15) is 71.1 Å². The third kappa shape index (κ3) is 4.46. The van der Waals surface area contributed by atoms with Gasteiger partial charge in [-0.05, 0) is 51.6 Å². The number of hydrogen-bond donors (Lipinski definition) is 1. The smallest absolute Gasteiger partial charge is 0.0220 e. The summed E-state index contributed by atoms with van der Waals surface area (Å²) in [7, 11) is 2.18. The van der Waals surface area contributed by atoms with Crippen LogP contribution in [-0.4, -0.2) is 37.1 Å². The maximum atomic E-state index is 3.64. The van der Waals surface area contributed by atoms with Crippen molar-refractivity contribution in [1.29, 1.82) is 0 Å². The van der Waals surface area contributed by atoms with E-state index in [2.05, 4.69) is 24.2 Å². The zero-order chi connectivity index (χ0) is 13.5. The molecule has 0 amide bonds. The molecule has 19 heavy (non-hydrogen) atoms. The van der Waals surface area contributed by atoms with E-state index < -0.39 is 0 Å². The van der Waals surface area contributed by atoms with E-state index in [1.165, 1.54) is 77.3 Å². The lowest BCUT2D eigenvalue weighted by molar-refractivity contribution is 0.144. The molecule has 0 aromatic heterocycles. The van der Waals surface area contributed by atoms with E-state index in [0.717, 1.165) is 18.0 Å². The van der Waals surface area contributed by atoms with Crippen LogP contribution >= 0.6 is 0 Å². The predicted molar refractivity (Wildman–Crippen MR) is 83.5 cm³/mol. The molecule has 2 nitrogen and oxygen atoms in total. The molecule has 1 saturated carbocycles. The maximum Gasteiger partial charge on any atom is 0.0220 e. The van der Waals surface area contributed by atoms with E-state index >= 15 is 0 Å². The van der Waals surface area contributed by atoms with E-state index in [4.69, 9.17) is 0 Å². The number of nitrogens with one attached hydrogen (secondary N) is 1. The summed E-state index contributed by atoms with van der Waals surface area (Å²) in [4.78, 5) is 2.81. The van der Waals surface area contributed by atoms with Crippen molar-refractivity contribution in [2.75, 3.05) is 20.1 Å². The first kappa shape index (κ1) is 15.3. The van der Waals surface area contributed by atoms with Crippen LogP contribution in [0.3, 0.4) is 0 Å². The highest BCUT2D eigenvalue weighted by molar-refractivity contribution is 4.84. The van der Waals surface area contributed by atoms with Crippen LogP contribution < -0.4 is 5.32 Å². The summed E-state index contributed by atoms with van der Waals surface area (Å²) in [5.41, 5.74) is 0. The third-order valence-corrected chi connectivity index (χ3v) is 5.49. The monoisotopic (exact) mass is 266 g/mol. The SMILES string of the molecule is CCC1CCCCCN1CC(NC)C1CCCCC1. The van der Waals surface area contributed by atoms with Gasteiger partial charge in [0.25, 0.3) is 0 Å². The van der Waals surface area contributed by atoms with Crippen molar-refractivity contribution in [2.24, 2.45) is 5.92 Å². The summed E-state index contributed by atoms with van der Waals surface area (Å²) < 4.78 is 0. The van der Waals surface area contributed by atoms with Gasteiger partial charge in [0.1, 0.15) is 0 Å². The first-order valence-corrected chi connectivity index (χ1v) is 8.76. The Morgan fingerprint density at radius 2 is 1.68 bits per heavy atom. The Morgan fingerprint density at radius 3 is 2.37 bits per heavy atom. The number of nitrogens with zero attached hydrogens (tertiary/aromatic N) is 1. The fourth-order valence-corrected chi connectivity index (χ4v) is 4.20. The quantitative estimate of drug-likeness (QED) is 0.814. The fourth-order valence-electron chi connectivity index (χ4n) is 4.20. The summed E-state index contributed by atoms with van der Waals surface area (Å²) in [5.74, 6) is 0.930. The van der Waals surface area contributed by atoms with Gasteiger partial charge in [-0.15, -0.1) is 0 Å². The van der Waals surface area contributed by atoms with Crippen molar-refractivity contribution in [1.82, 2.24) is 10.2 Å². The Labute approximate surface area is 120 Å². The predicted octanol–water partition coefficient (Wildman–Crippen LogP) is 3.81. The molecule has 0 aromatic rings. The second-order valence-corrected chi connectivity index (χ2v) is 6.70. The second-order valence-electron chi connectivity index (χ2n) is 6.70. The van der Waals surface area contributed by atoms with E-state index in [-0.39, 0.29) is 0 Å².